The molecule has 6 nitrogen and oxygen atoms in total. The van der Waals surface area contributed by atoms with Crippen LogP contribution >= 0.6 is 0 Å². The molecule has 1 heterocycles. The molecule has 1 aliphatic carbocycles. The predicted octanol–water partition coefficient (Wildman–Crippen LogP) is 1.42. The van der Waals surface area contributed by atoms with Gasteiger partial charge in [-0.1, -0.05) is 19.8 Å². The topological polar surface area (TPSA) is 49.3 Å². The molecule has 0 bridgehead atoms. The second kappa shape index (κ2) is 9.02. The molecule has 0 spiro atoms. The van der Waals surface area contributed by atoms with Gasteiger partial charge in [0.05, 0.1) is 19.3 Å². The lowest BCUT2D eigenvalue weighted by Gasteiger charge is -2.46. The van der Waals surface area contributed by atoms with Crippen LogP contribution in [-0.2, 0) is 9.47 Å². The van der Waals surface area contributed by atoms with Crippen molar-refractivity contribution in [2.45, 2.75) is 44.2 Å². The summed E-state index contributed by atoms with van der Waals surface area (Å²) >= 11 is 0. The average Bonchev–Trinajstić information content (AvgIpc) is 2.56. The molecule has 2 fully saturated rings. The second-order valence-corrected chi connectivity index (χ2v) is 7.62. The highest BCUT2D eigenvalue weighted by Crippen LogP contribution is 2.35. The van der Waals surface area contributed by atoms with E-state index in [1.54, 1.807) is 7.11 Å². The van der Waals surface area contributed by atoms with Gasteiger partial charge in [-0.15, -0.1) is 0 Å². The summed E-state index contributed by atoms with van der Waals surface area (Å²) in [6.45, 7) is 6.40. The first-order valence-electron chi connectivity index (χ1n) is 9.24. The maximum atomic E-state index is 5.75. The zero-order valence-corrected chi connectivity index (χ0v) is 16.2. The molecule has 1 saturated heterocycles. The zero-order valence-electron chi connectivity index (χ0n) is 16.2. The molecule has 3 unspecified atom stereocenters. The summed E-state index contributed by atoms with van der Waals surface area (Å²) in [4.78, 5) is 9.22. The van der Waals surface area contributed by atoms with E-state index in [4.69, 9.17) is 9.47 Å². The lowest BCUT2D eigenvalue weighted by Crippen LogP contribution is -2.58. The third kappa shape index (κ3) is 4.83. The third-order valence-electron chi connectivity index (χ3n) is 5.59. The summed E-state index contributed by atoms with van der Waals surface area (Å²) in [5, 5.41) is 3.65. The predicted molar refractivity (Wildman–Crippen MR) is 98.6 cm³/mol. The molecule has 1 N–H and O–H groups in total. The molecule has 6 heteroatoms. The molecule has 3 atom stereocenters. The number of nitrogens with one attached hydrogen (secondary N) is 1. The summed E-state index contributed by atoms with van der Waals surface area (Å²) in [7, 11) is 8.02. The van der Waals surface area contributed by atoms with E-state index in [1.165, 1.54) is 25.7 Å². The smallest absolute Gasteiger partial charge is 0.193 e. The number of hydrogen-bond acceptors (Lipinski definition) is 4. The lowest BCUT2D eigenvalue weighted by atomic mass is 9.75. The molecule has 0 amide bonds. The monoisotopic (exact) mass is 340 g/mol. The number of aliphatic imine (C=N–C) groups is 1. The van der Waals surface area contributed by atoms with Gasteiger partial charge >= 0.3 is 0 Å². The van der Waals surface area contributed by atoms with Crippen molar-refractivity contribution in [2.75, 3.05) is 61.1 Å². The first-order valence-corrected chi connectivity index (χ1v) is 9.24. The maximum absolute atomic E-state index is 5.75. The van der Waals surface area contributed by atoms with Crippen LogP contribution in [0.1, 0.15) is 32.6 Å². The SMILES string of the molecule is CN=C(NCC1(N(C)C)CCCC(C)C1)N1CCOC(COC)C1. The van der Waals surface area contributed by atoms with E-state index in [1.807, 2.05) is 7.05 Å². The Hall–Kier alpha value is -0.850. The molecule has 24 heavy (non-hydrogen) atoms. The number of ether oxygens (including phenoxy) is 2. The minimum absolute atomic E-state index is 0.125. The number of rotatable bonds is 5. The fourth-order valence-electron chi connectivity index (χ4n) is 4.13. The molecule has 0 radical (unpaired) electrons. The molecular weight excluding hydrogens is 304 g/mol. The van der Waals surface area contributed by atoms with Crippen LogP contribution in [0, 0.1) is 5.92 Å². The van der Waals surface area contributed by atoms with Crippen LogP contribution < -0.4 is 5.32 Å². The molecule has 2 rings (SSSR count). The van der Waals surface area contributed by atoms with Gasteiger partial charge in [0.15, 0.2) is 5.96 Å². The third-order valence-corrected chi connectivity index (χ3v) is 5.59. The van der Waals surface area contributed by atoms with Gasteiger partial charge in [0.2, 0.25) is 0 Å². The fourth-order valence-corrected chi connectivity index (χ4v) is 4.13. The largest absolute Gasteiger partial charge is 0.382 e. The highest BCUT2D eigenvalue weighted by atomic mass is 16.5. The first-order chi connectivity index (χ1) is 11.5. The molecule has 1 saturated carbocycles. The molecule has 140 valence electrons. The number of methoxy groups -OCH3 is 1. The lowest BCUT2D eigenvalue weighted by molar-refractivity contribution is -0.0449. The standard InChI is InChI=1S/C18H36N4O2/c1-15-7-6-8-18(11-15,21(3)4)14-20-17(19-2)22-9-10-24-16(12-22)13-23-5/h15-16H,6-14H2,1-5H3,(H,19,20). The van der Waals surface area contributed by atoms with Crippen LogP contribution in [-0.4, -0.2) is 88.5 Å². The van der Waals surface area contributed by atoms with Gasteiger partial charge < -0.3 is 24.6 Å². The number of likely N-dealkylation sites (N-methyl/N-ethyl adjacent to an activating group) is 1. The Morgan fingerprint density at radius 1 is 1.46 bits per heavy atom. The van der Waals surface area contributed by atoms with Crippen LogP contribution in [0.5, 0.6) is 0 Å². The first kappa shape index (κ1) is 19.5. The Morgan fingerprint density at radius 3 is 2.88 bits per heavy atom. The van der Waals surface area contributed by atoms with E-state index in [2.05, 4.69) is 41.1 Å². The van der Waals surface area contributed by atoms with Crippen LogP contribution in [0.25, 0.3) is 0 Å². The number of guanidine groups is 1. The summed E-state index contributed by atoms with van der Waals surface area (Å²) in [5.41, 5.74) is 0.228. The summed E-state index contributed by atoms with van der Waals surface area (Å²) in [6.07, 6.45) is 5.29. The Bertz CT molecular complexity index is 414. The van der Waals surface area contributed by atoms with Crippen molar-refractivity contribution in [3.05, 3.63) is 0 Å². The molecule has 2 aliphatic rings. The molecule has 0 aromatic rings. The van der Waals surface area contributed by atoms with Crippen molar-refractivity contribution in [1.82, 2.24) is 15.1 Å². The normalized spacial score (nSPS) is 32.2. The van der Waals surface area contributed by atoms with Crippen molar-refractivity contribution in [3.63, 3.8) is 0 Å². The van der Waals surface area contributed by atoms with E-state index >= 15 is 0 Å². The molecule has 1 aliphatic heterocycles. The summed E-state index contributed by atoms with van der Waals surface area (Å²) < 4.78 is 11.0. The van der Waals surface area contributed by atoms with Crippen molar-refractivity contribution in [1.29, 1.82) is 0 Å². The number of morpholine rings is 1. The van der Waals surface area contributed by atoms with E-state index in [0.29, 0.717) is 6.61 Å². The Balaban J connectivity index is 1.96. The van der Waals surface area contributed by atoms with E-state index in [0.717, 1.165) is 38.1 Å². The fraction of sp³-hybridized carbons (Fsp3) is 0.944. The van der Waals surface area contributed by atoms with E-state index < -0.39 is 0 Å². The van der Waals surface area contributed by atoms with Crippen molar-refractivity contribution in [2.24, 2.45) is 10.9 Å². The quantitative estimate of drug-likeness (QED) is 0.606. The average molecular weight is 341 g/mol. The van der Waals surface area contributed by atoms with Gasteiger partial charge in [-0.3, -0.25) is 4.99 Å². The van der Waals surface area contributed by atoms with Crippen LogP contribution in [0.4, 0.5) is 0 Å². The maximum Gasteiger partial charge on any atom is 0.193 e. The number of hydrogen-bond donors (Lipinski definition) is 1. The van der Waals surface area contributed by atoms with Crippen LogP contribution in [0.3, 0.4) is 0 Å². The second-order valence-electron chi connectivity index (χ2n) is 7.62. The highest BCUT2D eigenvalue weighted by molar-refractivity contribution is 5.80. The van der Waals surface area contributed by atoms with Gasteiger partial charge in [-0.05, 0) is 32.9 Å². The minimum atomic E-state index is 0.125. The summed E-state index contributed by atoms with van der Waals surface area (Å²) in [6, 6.07) is 0. The highest BCUT2D eigenvalue weighted by Gasteiger charge is 2.37. The van der Waals surface area contributed by atoms with Crippen LogP contribution in [0.15, 0.2) is 4.99 Å². The van der Waals surface area contributed by atoms with Gasteiger partial charge in [0.25, 0.3) is 0 Å². The molecule has 0 aromatic heterocycles. The Labute approximate surface area is 147 Å². The van der Waals surface area contributed by atoms with Gasteiger partial charge in [0.1, 0.15) is 0 Å². The van der Waals surface area contributed by atoms with Crippen molar-refractivity contribution < 1.29 is 9.47 Å². The zero-order chi connectivity index (χ0) is 17.6. The summed E-state index contributed by atoms with van der Waals surface area (Å²) in [5.74, 6) is 1.78. The van der Waals surface area contributed by atoms with E-state index in [9.17, 15) is 0 Å². The molecular formula is C18H36N4O2. The van der Waals surface area contributed by atoms with Crippen LogP contribution in [0.2, 0.25) is 0 Å². The Kier molecular flexibility index (Phi) is 7.32. The van der Waals surface area contributed by atoms with Gasteiger partial charge in [-0.25, -0.2) is 0 Å². The van der Waals surface area contributed by atoms with Gasteiger partial charge in [0, 0.05) is 39.3 Å². The van der Waals surface area contributed by atoms with Crippen molar-refractivity contribution in [3.8, 4) is 0 Å². The van der Waals surface area contributed by atoms with Crippen molar-refractivity contribution >= 4 is 5.96 Å². The van der Waals surface area contributed by atoms with Gasteiger partial charge in [-0.2, -0.15) is 0 Å². The number of nitrogens with zero attached hydrogens (tertiary/aromatic N) is 3. The Morgan fingerprint density at radius 2 is 2.25 bits per heavy atom. The van der Waals surface area contributed by atoms with E-state index in [-0.39, 0.29) is 11.6 Å². The minimum Gasteiger partial charge on any atom is -0.382 e. The molecule has 0 aromatic carbocycles.